The molecule has 0 aliphatic carbocycles. The molecule has 0 radical (unpaired) electrons. The van der Waals surface area contributed by atoms with E-state index in [0.717, 1.165) is 16.7 Å². The zero-order chi connectivity index (χ0) is 14.5. The maximum absolute atomic E-state index is 9.42. The van der Waals surface area contributed by atoms with E-state index in [9.17, 15) is 5.26 Å². The van der Waals surface area contributed by atoms with E-state index >= 15 is 0 Å². The van der Waals surface area contributed by atoms with Crippen molar-refractivity contribution in [3.63, 3.8) is 0 Å². The molecule has 0 atom stereocenters. The average molecular weight is 264 g/mol. The number of nitrogens with two attached hydrogens (primary N) is 1. The molecule has 0 spiro atoms. The van der Waals surface area contributed by atoms with Crippen LogP contribution in [0.3, 0.4) is 0 Å². The molecule has 0 aromatic heterocycles. The lowest BCUT2D eigenvalue weighted by Gasteiger charge is -2.12. The Morgan fingerprint density at radius 2 is 1.85 bits per heavy atom. The summed E-state index contributed by atoms with van der Waals surface area (Å²) in [5, 5.41) is 9.42. The SMILES string of the molecule is COc1ccc(C)cc1/C(N)=C(/C#N)c1ccccc1. The predicted octanol–water partition coefficient (Wildman–Crippen LogP) is 3.35. The maximum atomic E-state index is 9.42. The lowest BCUT2D eigenvalue weighted by Crippen LogP contribution is -2.03. The number of methoxy groups -OCH3 is 1. The van der Waals surface area contributed by atoms with Gasteiger partial charge in [-0.1, -0.05) is 42.0 Å². The molecule has 0 saturated heterocycles. The molecular formula is C17H16N2O. The summed E-state index contributed by atoms with van der Waals surface area (Å²) in [6.45, 7) is 1.98. The third kappa shape index (κ3) is 2.65. The van der Waals surface area contributed by atoms with Gasteiger partial charge < -0.3 is 10.5 Å². The van der Waals surface area contributed by atoms with Gasteiger partial charge in [0.05, 0.1) is 18.4 Å². The normalized spacial score (nSPS) is 11.4. The van der Waals surface area contributed by atoms with E-state index < -0.39 is 0 Å². The number of nitriles is 1. The predicted molar refractivity (Wildman–Crippen MR) is 80.8 cm³/mol. The van der Waals surface area contributed by atoms with Crippen LogP contribution in [-0.4, -0.2) is 7.11 Å². The number of aryl methyl sites for hydroxylation is 1. The minimum absolute atomic E-state index is 0.430. The second-order valence-corrected chi connectivity index (χ2v) is 4.47. The summed E-state index contributed by atoms with van der Waals surface area (Å²) in [7, 11) is 1.59. The number of hydrogen-bond acceptors (Lipinski definition) is 3. The van der Waals surface area contributed by atoms with Crippen LogP contribution < -0.4 is 10.5 Å². The molecule has 0 unspecified atom stereocenters. The zero-order valence-electron chi connectivity index (χ0n) is 11.6. The molecule has 2 rings (SSSR count). The lowest BCUT2D eigenvalue weighted by atomic mass is 9.99. The number of benzene rings is 2. The Kier molecular flexibility index (Phi) is 4.07. The Morgan fingerprint density at radius 1 is 1.15 bits per heavy atom. The highest BCUT2D eigenvalue weighted by Gasteiger charge is 2.12. The highest BCUT2D eigenvalue weighted by molar-refractivity contribution is 5.97. The number of rotatable bonds is 3. The Labute approximate surface area is 118 Å². The molecule has 2 N–H and O–H groups in total. The third-order valence-corrected chi connectivity index (χ3v) is 3.09. The minimum atomic E-state index is 0.430. The van der Waals surface area contributed by atoms with Gasteiger partial charge in [0.2, 0.25) is 0 Å². The number of nitrogens with zero attached hydrogens (tertiary/aromatic N) is 1. The molecular weight excluding hydrogens is 248 g/mol. The van der Waals surface area contributed by atoms with E-state index in [1.165, 1.54) is 0 Å². The number of hydrogen-bond donors (Lipinski definition) is 1. The molecule has 0 heterocycles. The lowest BCUT2D eigenvalue weighted by molar-refractivity contribution is 0.413. The summed E-state index contributed by atoms with van der Waals surface area (Å²) in [5.41, 5.74) is 9.70. The fourth-order valence-electron chi connectivity index (χ4n) is 2.05. The zero-order valence-corrected chi connectivity index (χ0v) is 11.6. The van der Waals surface area contributed by atoms with Crippen molar-refractivity contribution in [3.8, 4) is 11.8 Å². The van der Waals surface area contributed by atoms with Gasteiger partial charge in [-0.05, 0) is 24.6 Å². The van der Waals surface area contributed by atoms with Gasteiger partial charge >= 0.3 is 0 Å². The first-order chi connectivity index (χ1) is 9.67. The molecule has 2 aromatic carbocycles. The quantitative estimate of drug-likeness (QED) is 0.683. The van der Waals surface area contributed by atoms with Crippen LogP contribution in [0.4, 0.5) is 0 Å². The van der Waals surface area contributed by atoms with Crippen molar-refractivity contribution in [2.45, 2.75) is 6.92 Å². The Balaban J connectivity index is 2.64. The molecule has 0 fully saturated rings. The maximum Gasteiger partial charge on any atom is 0.128 e. The van der Waals surface area contributed by atoms with Crippen LogP contribution in [0.1, 0.15) is 16.7 Å². The van der Waals surface area contributed by atoms with Crippen molar-refractivity contribution in [2.75, 3.05) is 7.11 Å². The average Bonchev–Trinajstić information content (AvgIpc) is 2.49. The third-order valence-electron chi connectivity index (χ3n) is 3.09. The number of allylic oxidation sites excluding steroid dienone is 1. The summed E-state index contributed by atoms with van der Waals surface area (Å²) in [6, 6.07) is 17.3. The van der Waals surface area contributed by atoms with Crippen molar-refractivity contribution in [2.24, 2.45) is 5.73 Å². The van der Waals surface area contributed by atoms with Gasteiger partial charge in [0, 0.05) is 5.56 Å². The van der Waals surface area contributed by atoms with E-state index in [2.05, 4.69) is 6.07 Å². The van der Waals surface area contributed by atoms with Crippen LogP contribution in [0.25, 0.3) is 11.3 Å². The fourth-order valence-corrected chi connectivity index (χ4v) is 2.05. The van der Waals surface area contributed by atoms with Gasteiger partial charge in [0.25, 0.3) is 0 Å². The fraction of sp³-hybridized carbons (Fsp3) is 0.118. The highest BCUT2D eigenvalue weighted by Crippen LogP contribution is 2.29. The van der Waals surface area contributed by atoms with Crippen molar-refractivity contribution in [1.82, 2.24) is 0 Å². The van der Waals surface area contributed by atoms with E-state index in [1.54, 1.807) is 7.11 Å². The van der Waals surface area contributed by atoms with Gasteiger partial charge in [0.1, 0.15) is 11.8 Å². The molecule has 0 aliphatic rings. The van der Waals surface area contributed by atoms with E-state index in [1.807, 2.05) is 55.5 Å². The summed E-state index contributed by atoms with van der Waals surface area (Å²) in [6.07, 6.45) is 0. The van der Waals surface area contributed by atoms with Crippen LogP contribution in [-0.2, 0) is 0 Å². The topological polar surface area (TPSA) is 59.0 Å². The second kappa shape index (κ2) is 5.94. The highest BCUT2D eigenvalue weighted by atomic mass is 16.5. The standard InChI is InChI=1S/C17H16N2O/c1-12-8-9-16(20-2)14(10-12)17(19)15(11-18)13-6-4-3-5-7-13/h3-10H,19H2,1-2H3/b17-15+. The van der Waals surface area contributed by atoms with Crippen molar-refractivity contribution in [3.05, 3.63) is 65.2 Å². The first kappa shape index (κ1) is 13.7. The Bertz CT molecular complexity index is 682. The van der Waals surface area contributed by atoms with Gasteiger partial charge in [0.15, 0.2) is 0 Å². The van der Waals surface area contributed by atoms with Gasteiger partial charge in [-0.3, -0.25) is 0 Å². The molecule has 0 saturated carbocycles. The van der Waals surface area contributed by atoms with Crippen LogP contribution in [0.15, 0.2) is 48.5 Å². The van der Waals surface area contributed by atoms with Gasteiger partial charge in [-0.25, -0.2) is 0 Å². The molecule has 20 heavy (non-hydrogen) atoms. The van der Waals surface area contributed by atoms with Crippen LogP contribution >= 0.6 is 0 Å². The summed E-state index contributed by atoms with van der Waals surface area (Å²) >= 11 is 0. The molecule has 100 valence electrons. The van der Waals surface area contributed by atoms with Crippen LogP contribution in [0.2, 0.25) is 0 Å². The molecule has 0 bridgehead atoms. The monoisotopic (exact) mass is 264 g/mol. The molecule has 0 amide bonds. The van der Waals surface area contributed by atoms with E-state index in [0.29, 0.717) is 17.0 Å². The second-order valence-electron chi connectivity index (χ2n) is 4.47. The number of ether oxygens (including phenoxy) is 1. The van der Waals surface area contributed by atoms with Crippen LogP contribution in [0.5, 0.6) is 5.75 Å². The minimum Gasteiger partial charge on any atom is -0.496 e. The molecule has 3 nitrogen and oxygen atoms in total. The van der Waals surface area contributed by atoms with Crippen LogP contribution in [0, 0.1) is 18.3 Å². The Morgan fingerprint density at radius 3 is 2.45 bits per heavy atom. The summed E-state index contributed by atoms with van der Waals surface area (Å²) in [5.74, 6) is 0.664. The Hall–Kier alpha value is -2.73. The first-order valence-corrected chi connectivity index (χ1v) is 6.27. The van der Waals surface area contributed by atoms with Crippen molar-refractivity contribution in [1.29, 1.82) is 5.26 Å². The summed E-state index contributed by atoms with van der Waals surface area (Å²) in [4.78, 5) is 0. The smallest absolute Gasteiger partial charge is 0.128 e. The van der Waals surface area contributed by atoms with Crippen molar-refractivity contribution >= 4 is 11.3 Å². The molecule has 2 aromatic rings. The molecule has 3 heteroatoms. The van der Waals surface area contributed by atoms with Gasteiger partial charge in [-0.2, -0.15) is 5.26 Å². The van der Waals surface area contributed by atoms with Crippen molar-refractivity contribution < 1.29 is 4.74 Å². The summed E-state index contributed by atoms with van der Waals surface area (Å²) < 4.78 is 5.33. The van der Waals surface area contributed by atoms with E-state index in [-0.39, 0.29) is 0 Å². The molecule has 0 aliphatic heterocycles. The largest absolute Gasteiger partial charge is 0.496 e. The van der Waals surface area contributed by atoms with E-state index in [4.69, 9.17) is 10.5 Å². The van der Waals surface area contributed by atoms with Gasteiger partial charge in [-0.15, -0.1) is 0 Å². The first-order valence-electron chi connectivity index (χ1n) is 6.27.